The van der Waals surface area contributed by atoms with E-state index < -0.39 is 0 Å². The minimum absolute atomic E-state index is 0.386. The van der Waals surface area contributed by atoms with Crippen molar-refractivity contribution in [3.8, 4) is 0 Å². The summed E-state index contributed by atoms with van der Waals surface area (Å²) in [5, 5.41) is 13.8. The average molecular weight is 240 g/mol. The van der Waals surface area contributed by atoms with Gasteiger partial charge in [0, 0.05) is 19.1 Å². The van der Waals surface area contributed by atoms with Crippen molar-refractivity contribution in [3.05, 3.63) is 0 Å². The van der Waals surface area contributed by atoms with Gasteiger partial charge in [0.1, 0.15) is 0 Å². The molecule has 0 aliphatic heterocycles. The molecule has 2 atom stereocenters. The second-order valence-corrected chi connectivity index (χ2v) is 6.21. The Morgan fingerprint density at radius 1 is 1.24 bits per heavy atom. The molecule has 0 aromatic heterocycles. The van der Waals surface area contributed by atoms with Gasteiger partial charge >= 0.3 is 0 Å². The fraction of sp³-hybridized carbons (Fsp3) is 1.00. The smallest absolute Gasteiger partial charge is 0.0774 e. The highest BCUT2D eigenvalue weighted by Gasteiger charge is 2.34. The van der Waals surface area contributed by atoms with E-state index in [1.165, 1.54) is 32.1 Å². The minimum Gasteiger partial charge on any atom is -0.389 e. The van der Waals surface area contributed by atoms with E-state index in [0.29, 0.717) is 6.04 Å². The van der Waals surface area contributed by atoms with Crippen molar-refractivity contribution in [3.63, 3.8) is 0 Å². The maximum absolute atomic E-state index is 10.4. The summed E-state index contributed by atoms with van der Waals surface area (Å²) in [4.78, 5) is 2.35. The molecule has 3 nitrogen and oxygen atoms in total. The van der Waals surface area contributed by atoms with Crippen molar-refractivity contribution < 1.29 is 5.11 Å². The lowest BCUT2D eigenvalue weighted by Crippen LogP contribution is -2.43. The molecule has 2 aliphatic carbocycles. The molecule has 0 bridgehead atoms. The van der Waals surface area contributed by atoms with E-state index in [-0.39, 0.29) is 5.60 Å². The Morgan fingerprint density at radius 3 is 2.59 bits per heavy atom. The van der Waals surface area contributed by atoms with Gasteiger partial charge in [0.25, 0.3) is 0 Å². The van der Waals surface area contributed by atoms with Crippen molar-refractivity contribution in [1.82, 2.24) is 10.2 Å². The zero-order chi connectivity index (χ0) is 12.3. The van der Waals surface area contributed by atoms with Gasteiger partial charge < -0.3 is 15.3 Å². The van der Waals surface area contributed by atoms with Gasteiger partial charge in [0.05, 0.1) is 5.60 Å². The molecule has 17 heavy (non-hydrogen) atoms. The fourth-order valence-electron chi connectivity index (χ4n) is 3.79. The summed E-state index contributed by atoms with van der Waals surface area (Å²) in [6, 6.07) is 0.690. The Hall–Kier alpha value is -0.120. The summed E-state index contributed by atoms with van der Waals surface area (Å²) in [6.45, 7) is 1.99. The number of hydrogen-bond donors (Lipinski definition) is 2. The Morgan fingerprint density at radius 2 is 1.94 bits per heavy atom. The van der Waals surface area contributed by atoms with Crippen LogP contribution in [0.2, 0.25) is 0 Å². The second kappa shape index (κ2) is 5.68. The Labute approximate surface area is 106 Å². The largest absolute Gasteiger partial charge is 0.389 e. The number of aliphatic hydroxyl groups is 1. The summed E-state index contributed by atoms with van der Waals surface area (Å²) in [7, 11) is 4.24. The van der Waals surface area contributed by atoms with Crippen molar-refractivity contribution in [2.24, 2.45) is 5.92 Å². The van der Waals surface area contributed by atoms with Crippen molar-refractivity contribution in [2.75, 3.05) is 27.2 Å². The molecule has 2 aliphatic rings. The summed E-state index contributed by atoms with van der Waals surface area (Å²) >= 11 is 0. The van der Waals surface area contributed by atoms with Gasteiger partial charge in [0.2, 0.25) is 0 Å². The molecule has 2 rings (SSSR count). The minimum atomic E-state index is -0.386. The third-order valence-corrected chi connectivity index (χ3v) is 4.67. The maximum atomic E-state index is 10.4. The third kappa shape index (κ3) is 3.43. The van der Waals surface area contributed by atoms with Crippen LogP contribution in [0.1, 0.15) is 44.9 Å². The number of rotatable bonds is 5. The Balaban J connectivity index is 1.78. The normalized spacial score (nSPS) is 32.5. The van der Waals surface area contributed by atoms with E-state index in [4.69, 9.17) is 0 Å². The molecule has 0 radical (unpaired) electrons. The number of nitrogens with one attached hydrogen (secondary N) is 1. The highest BCUT2D eigenvalue weighted by atomic mass is 16.3. The van der Waals surface area contributed by atoms with Crippen LogP contribution >= 0.6 is 0 Å². The molecule has 0 heterocycles. The first-order valence-corrected chi connectivity index (χ1v) is 7.21. The first-order valence-electron chi connectivity index (χ1n) is 7.21. The van der Waals surface area contributed by atoms with Crippen LogP contribution in [0, 0.1) is 5.92 Å². The molecule has 0 aromatic rings. The van der Waals surface area contributed by atoms with E-state index in [1.807, 2.05) is 0 Å². The van der Waals surface area contributed by atoms with Gasteiger partial charge in [-0.25, -0.2) is 0 Å². The predicted molar refractivity (Wildman–Crippen MR) is 71.1 cm³/mol. The monoisotopic (exact) mass is 240 g/mol. The van der Waals surface area contributed by atoms with E-state index >= 15 is 0 Å². The summed E-state index contributed by atoms with van der Waals surface area (Å²) < 4.78 is 0. The van der Waals surface area contributed by atoms with E-state index in [1.54, 1.807) is 0 Å². The molecule has 2 saturated carbocycles. The third-order valence-electron chi connectivity index (χ3n) is 4.67. The molecule has 3 heteroatoms. The van der Waals surface area contributed by atoms with Crippen molar-refractivity contribution in [1.29, 1.82) is 0 Å². The Kier molecular flexibility index (Phi) is 4.45. The molecule has 100 valence electrons. The summed E-state index contributed by atoms with van der Waals surface area (Å²) in [6.07, 6.45) is 8.41. The SMILES string of the molecule is CNC1CCCC1CN(C)CC1(O)CCCC1. The molecule has 0 saturated heterocycles. The van der Waals surface area contributed by atoms with E-state index in [0.717, 1.165) is 31.8 Å². The predicted octanol–water partition coefficient (Wildman–Crippen LogP) is 1.61. The van der Waals surface area contributed by atoms with Crippen LogP contribution in [0.4, 0.5) is 0 Å². The molecule has 2 unspecified atom stereocenters. The topological polar surface area (TPSA) is 35.5 Å². The molecular formula is C14H28N2O. The zero-order valence-electron chi connectivity index (χ0n) is 11.4. The van der Waals surface area contributed by atoms with Gasteiger partial charge in [-0.05, 0) is 45.7 Å². The van der Waals surface area contributed by atoms with Gasteiger partial charge in [-0.15, -0.1) is 0 Å². The van der Waals surface area contributed by atoms with Crippen LogP contribution in [0.3, 0.4) is 0 Å². The van der Waals surface area contributed by atoms with Crippen LogP contribution in [-0.2, 0) is 0 Å². The summed E-state index contributed by atoms with van der Waals surface area (Å²) in [5.41, 5.74) is -0.386. The molecule has 2 N–H and O–H groups in total. The van der Waals surface area contributed by atoms with Crippen LogP contribution in [0.25, 0.3) is 0 Å². The zero-order valence-corrected chi connectivity index (χ0v) is 11.4. The van der Waals surface area contributed by atoms with Crippen molar-refractivity contribution >= 4 is 0 Å². The van der Waals surface area contributed by atoms with Gasteiger partial charge in [-0.2, -0.15) is 0 Å². The van der Waals surface area contributed by atoms with E-state index in [9.17, 15) is 5.11 Å². The lowest BCUT2D eigenvalue weighted by molar-refractivity contribution is 0.0123. The first kappa shape index (κ1) is 13.3. The Bertz CT molecular complexity index is 238. The maximum Gasteiger partial charge on any atom is 0.0774 e. The standard InChI is InChI=1S/C14H28N2O/c1-15-13-7-5-6-12(13)10-16(2)11-14(17)8-3-4-9-14/h12-13,15,17H,3-11H2,1-2H3. The molecular weight excluding hydrogens is 212 g/mol. The molecule has 0 amide bonds. The quantitative estimate of drug-likeness (QED) is 0.766. The van der Waals surface area contributed by atoms with Gasteiger partial charge in [-0.1, -0.05) is 19.3 Å². The first-order chi connectivity index (χ1) is 8.13. The van der Waals surface area contributed by atoms with Crippen LogP contribution in [-0.4, -0.2) is 48.8 Å². The average Bonchev–Trinajstić information content (AvgIpc) is 2.87. The van der Waals surface area contributed by atoms with Gasteiger partial charge in [0.15, 0.2) is 0 Å². The highest BCUT2D eigenvalue weighted by molar-refractivity contribution is 4.89. The molecule has 2 fully saturated rings. The van der Waals surface area contributed by atoms with Gasteiger partial charge in [-0.3, -0.25) is 0 Å². The fourth-order valence-corrected chi connectivity index (χ4v) is 3.79. The molecule has 0 spiro atoms. The van der Waals surface area contributed by atoms with Crippen LogP contribution in [0.15, 0.2) is 0 Å². The number of likely N-dealkylation sites (N-methyl/N-ethyl adjacent to an activating group) is 1. The lowest BCUT2D eigenvalue weighted by atomic mass is 9.99. The number of hydrogen-bond acceptors (Lipinski definition) is 3. The number of nitrogens with zero attached hydrogens (tertiary/aromatic N) is 1. The molecule has 0 aromatic carbocycles. The van der Waals surface area contributed by atoms with Crippen LogP contribution < -0.4 is 5.32 Å². The van der Waals surface area contributed by atoms with E-state index in [2.05, 4.69) is 24.3 Å². The lowest BCUT2D eigenvalue weighted by Gasteiger charge is -2.31. The second-order valence-electron chi connectivity index (χ2n) is 6.21. The van der Waals surface area contributed by atoms with Crippen molar-refractivity contribution in [2.45, 2.75) is 56.6 Å². The highest BCUT2D eigenvalue weighted by Crippen LogP contribution is 2.31. The van der Waals surface area contributed by atoms with Crippen LogP contribution in [0.5, 0.6) is 0 Å². The summed E-state index contributed by atoms with van der Waals surface area (Å²) in [5.74, 6) is 0.773.